The number of nitrogens with two attached hydrogens (primary N) is 1. The van der Waals surface area contributed by atoms with E-state index in [0.717, 1.165) is 6.42 Å². The Morgan fingerprint density at radius 3 is 3.05 bits per heavy atom. The number of nitrogen functional groups attached to an aromatic ring is 1. The van der Waals surface area contributed by atoms with E-state index >= 15 is 0 Å². The van der Waals surface area contributed by atoms with E-state index in [1.54, 1.807) is 24.4 Å². The zero-order valence-corrected chi connectivity index (χ0v) is 12.1. The van der Waals surface area contributed by atoms with Gasteiger partial charge in [0.15, 0.2) is 10.8 Å². The third-order valence-corrected chi connectivity index (χ3v) is 4.91. The number of ether oxygens (including phenoxy) is 1. The smallest absolute Gasteiger partial charge is 0.260 e. The van der Waals surface area contributed by atoms with Gasteiger partial charge in [-0.15, -0.1) is 0 Å². The first kappa shape index (κ1) is 14.3. The van der Waals surface area contributed by atoms with Gasteiger partial charge in [0, 0.05) is 19.3 Å². The van der Waals surface area contributed by atoms with Crippen molar-refractivity contribution in [1.82, 2.24) is 14.1 Å². The average Bonchev–Trinajstić information content (AvgIpc) is 3.12. The Kier molecular flexibility index (Phi) is 3.81. The molecular weight excluding hydrogens is 294 g/mol. The van der Waals surface area contributed by atoms with E-state index in [1.165, 1.54) is 4.40 Å². The van der Waals surface area contributed by atoms with Crippen LogP contribution in [0.3, 0.4) is 0 Å². The number of hydrogen-bond acceptors (Lipinski definition) is 6. The van der Waals surface area contributed by atoms with Crippen LogP contribution in [0.15, 0.2) is 29.4 Å². The Balaban J connectivity index is 1.93. The van der Waals surface area contributed by atoms with Crippen LogP contribution in [-0.2, 0) is 14.8 Å². The van der Waals surface area contributed by atoms with Gasteiger partial charge in [-0.3, -0.25) is 4.40 Å². The van der Waals surface area contributed by atoms with Crippen LogP contribution in [0.4, 0.5) is 5.82 Å². The highest BCUT2D eigenvalue weighted by molar-refractivity contribution is 7.89. The van der Waals surface area contributed by atoms with Gasteiger partial charge in [0.2, 0.25) is 0 Å². The molecule has 1 fully saturated rings. The molecule has 8 nitrogen and oxygen atoms in total. The number of hydrogen-bond donors (Lipinski definition) is 3. The molecule has 1 atom stereocenters. The van der Waals surface area contributed by atoms with Crippen LogP contribution in [0.2, 0.25) is 0 Å². The van der Waals surface area contributed by atoms with Crippen LogP contribution in [0.5, 0.6) is 0 Å². The van der Waals surface area contributed by atoms with E-state index < -0.39 is 10.0 Å². The van der Waals surface area contributed by atoms with Crippen LogP contribution in [-0.4, -0.2) is 37.6 Å². The monoisotopic (exact) mass is 311 g/mol. The predicted molar refractivity (Wildman–Crippen MR) is 77.1 cm³/mol. The molecule has 0 saturated carbocycles. The molecule has 1 aliphatic rings. The van der Waals surface area contributed by atoms with Gasteiger partial charge in [0.05, 0.1) is 6.61 Å². The van der Waals surface area contributed by atoms with Crippen LogP contribution >= 0.6 is 0 Å². The summed E-state index contributed by atoms with van der Waals surface area (Å²) in [7, 11) is -3.72. The molecule has 1 aliphatic heterocycles. The fourth-order valence-electron chi connectivity index (χ4n) is 2.36. The van der Waals surface area contributed by atoms with Crippen molar-refractivity contribution in [3.63, 3.8) is 0 Å². The molecule has 9 heteroatoms. The van der Waals surface area contributed by atoms with E-state index in [1.807, 2.05) is 0 Å². The Hall–Kier alpha value is -1.68. The Bertz CT molecular complexity index is 736. The number of rotatable bonds is 5. The zero-order valence-electron chi connectivity index (χ0n) is 11.3. The molecule has 0 amide bonds. The summed E-state index contributed by atoms with van der Waals surface area (Å²) < 4.78 is 34.4. The van der Waals surface area contributed by atoms with Crippen LogP contribution < -0.4 is 16.0 Å². The Morgan fingerprint density at radius 1 is 1.48 bits per heavy atom. The molecule has 3 rings (SSSR count). The molecule has 2 aromatic heterocycles. The third kappa shape index (κ3) is 2.72. The van der Waals surface area contributed by atoms with Crippen molar-refractivity contribution >= 4 is 21.5 Å². The second kappa shape index (κ2) is 5.60. The number of nitrogens with zero attached hydrogens (tertiary/aromatic N) is 2. The number of sulfonamides is 1. The molecule has 2 aromatic rings. The first-order chi connectivity index (χ1) is 10.1. The molecule has 21 heavy (non-hydrogen) atoms. The van der Waals surface area contributed by atoms with Gasteiger partial charge in [0.1, 0.15) is 5.65 Å². The summed E-state index contributed by atoms with van der Waals surface area (Å²) in [5, 5.41) is 0.0134. The zero-order chi connectivity index (χ0) is 14.9. The van der Waals surface area contributed by atoms with Gasteiger partial charge in [-0.2, -0.15) is 0 Å². The lowest BCUT2D eigenvalue weighted by Gasteiger charge is -2.11. The molecular formula is C12H17N5O3S. The number of aromatic nitrogens is 2. The summed E-state index contributed by atoms with van der Waals surface area (Å²) in [5.74, 6) is 5.72. The van der Waals surface area contributed by atoms with Gasteiger partial charge < -0.3 is 10.2 Å². The maximum absolute atomic E-state index is 12.5. The van der Waals surface area contributed by atoms with E-state index in [0.29, 0.717) is 25.4 Å². The molecule has 114 valence electrons. The SMILES string of the molecule is NNc1nc2ccccn2c1S(=O)(=O)NCC1CCOC1. The van der Waals surface area contributed by atoms with Crippen molar-refractivity contribution in [2.45, 2.75) is 11.4 Å². The average molecular weight is 311 g/mol. The van der Waals surface area contributed by atoms with E-state index in [2.05, 4.69) is 15.1 Å². The normalized spacial score (nSPS) is 19.2. The first-order valence-electron chi connectivity index (χ1n) is 6.63. The van der Waals surface area contributed by atoms with Gasteiger partial charge in [0.25, 0.3) is 10.0 Å². The highest BCUT2D eigenvalue weighted by Gasteiger charge is 2.26. The highest BCUT2D eigenvalue weighted by atomic mass is 32.2. The summed E-state index contributed by atoms with van der Waals surface area (Å²) in [6.45, 7) is 1.60. The maximum Gasteiger partial charge on any atom is 0.260 e. The maximum atomic E-state index is 12.5. The second-order valence-corrected chi connectivity index (χ2v) is 6.60. The molecule has 0 bridgehead atoms. The minimum absolute atomic E-state index is 0.0134. The molecule has 0 aliphatic carbocycles. The predicted octanol–water partition coefficient (Wildman–Crippen LogP) is -0.0653. The van der Waals surface area contributed by atoms with Gasteiger partial charge in [-0.05, 0) is 24.5 Å². The summed E-state index contributed by atoms with van der Waals surface area (Å²) in [6.07, 6.45) is 2.49. The van der Waals surface area contributed by atoms with Gasteiger partial charge >= 0.3 is 0 Å². The second-order valence-electron chi connectivity index (χ2n) is 4.92. The van der Waals surface area contributed by atoms with Crippen LogP contribution in [0.1, 0.15) is 6.42 Å². The lowest BCUT2D eigenvalue weighted by molar-refractivity contribution is 0.186. The molecule has 1 saturated heterocycles. The van der Waals surface area contributed by atoms with Crippen molar-refractivity contribution in [3.05, 3.63) is 24.4 Å². The summed E-state index contributed by atoms with van der Waals surface area (Å²) >= 11 is 0. The van der Waals surface area contributed by atoms with E-state index in [4.69, 9.17) is 10.6 Å². The topological polar surface area (TPSA) is 111 Å². The minimum atomic E-state index is -3.72. The molecule has 1 unspecified atom stereocenters. The standard InChI is InChI=1S/C12H17N5O3S/c13-16-11-12(17-5-2-1-3-10(17)15-11)21(18,19)14-7-9-4-6-20-8-9/h1-3,5,9,14,16H,4,6-8,13H2. The number of nitrogens with one attached hydrogen (secondary N) is 2. The van der Waals surface area contributed by atoms with Crippen molar-refractivity contribution in [2.24, 2.45) is 11.8 Å². The molecule has 0 radical (unpaired) electrons. The van der Waals surface area contributed by atoms with Crippen molar-refractivity contribution < 1.29 is 13.2 Å². The van der Waals surface area contributed by atoms with Crippen molar-refractivity contribution in [1.29, 1.82) is 0 Å². The van der Waals surface area contributed by atoms with Crippen molar-refractivity contribution in [3.8, 4) is 0 Å². The summed E-state index contributed by atoms with van der Waals surface area (Å²) in [6, 6.07) is 5.23. The lowest BCUT2D eigenvalue weighted by atomic mass is 10.1. The first-order valence-corrected chi connectivity index (χ1v) is 8.11. The number of imidazole rings is 1. The fraction of sp³-hybridized carbons (Fsp3) is 0.417. The van der Waals surface area contributed by atoms with Crippen LogP contribution in [0, 0.1) is 5.92 Å². The number of pyridine rings is 1. The number of fused-ring (bicyclic) bond motifs is 1. The van der Waals surface area contributed by atoms with Gasteiger partial charge in [-0.25, -0.2) is 24.0 Å². The molecule has 0 spiro atoms. The van der Waals surface area contributed by atoms with Crippen molar-refractivity contribution in [2.75, 3.05) is 25.2 Å². The summed E-state index contributed by atoms with van der Waals surface area (Å²) in [4.78, 5) is 4.16. The largest absolute Gasteiger partial charge is 0.381 e. The van der Waals surface area contributed by atoms with E-state index in [-0.39, 0.29) is 16.8 Å². The molecule has 0 aromatic carbocycles. The fourth-order valence-corrected chi connectivity index (χ4v) is 3.73. The summed E-state index contributed by atoms with van der Waals surface area (Å²) in [5.41, 5.74) is 2.85. The Labute approximate surface area is 122 Å². The molecule has 4 N–H and O–H groups in total. The molecule has 3 heterocycles. The minimum Gasteiger partial charge on any atom is -0.381 e. The number of anilines is 1. The van der Waals surface area contributed by atoms with Crippen LogP contribution in [0.25, 0.3) is 5.65 Å². The Morgan fingerprint density at radius 2 is 2.33 bits per heavy atom. The lowest BCUT2D eigenvalue weighted by Crippen LogP contribution is -2.31. The quantitative estimate of drug-likeness (QED) is 0.527. The van der Waals surface area contributed by atoms with E-state index in [9.17, 15) is 8.42 Å². The third-order valence-electron chi connectivity index (χ3n) is 3.46. The highest BCUT2D eigenvalue weighted by Crippen LogP contribution is 2.22. The number of hydrazine groups is 1. The van der Waals surface area contributed by atoms with Gasteiger partial charge in [-0.1, -0.05) is 6.07 Å².